The molecular weight excluding hydrogens is 237 g/mol. The van der Waals surface area contributed by atoms with Crippen LogP contribution in [0.2, 0.25) is 0 Å². The van der Waals surface area contributed by atoms with E-state index in [9.17, 15) is 19.8 Å². The molecule has 0 saturated carbocycles. The van der Waals surface area contributed by atoms with Gasteiger partial charge in [-0.25, -0.2) is 0 Å². The summed E-state index contributed by atoms with van der Waals surface area (Å²) in [4.78, 5) is 21.4. The molecule has 1 atom stereocenters. The topological polar surface area (TPSA) is 110 Å². The number of rotatable bonds is 7. The maximum absolute atomic E-state index is 11.4. The number of carboxylic acid groups (broad SMARTS) is 1. The van der Waals surface area contributed by atoms with Gasteiger partial charge in [-0.15, -0.1) is 0 Å². The van der Waals surface area contributed by atoms with E-state index >= 15 is 0 Å². The zero-order valence-corrected chi connectivity index (χ0v) is 12.5. The molecule has 0 aliphatic carbocycles. The smallest absolute Gasteiger partial charge is 0.550 e. The van der Waals surface area contributed by atoms with Crippen molar-refractivity contribution in [1.29, 1.82) is 0 Å². The van der Waals surface area contributed by atoms with Crippen molar-refractivity contribution < 1.29 is 54.5 Å². The molecule has 1 amide bonds. The van der Waals surface area contributed by atoms with Gasteiger partial charge in [0.1, 0.15) is 6.10 Å². The van der Waals surface area contributed by atoms with Crippen molar-refractivity contribution in [1.82, 2.24) is 5.32 Å². The van der Waals surface area contributed by atoms with E-state index in [4.69, 9.17) is 5.11 Å². The molecule has 0 fully saturated rings. The molecule has 7 heteroatoms. The van der Waals surface area contributed by atoms with E-state index in [0.717, 1.165) is 0 Å². The van der Waals surface area contributed by atoms with Crippen LogP contribution < -0.4 is 40.0 Å². The first-order valence-corrected chi connectivity index (χ1v) is 5.07. The summed E-state index contributed by atoms with van der Waals surface area (Å²) in [6.07, 6.45) is -1.21. The van der Waals surface area contributed by atoms with Gasteiger partial charge in [0.2, 0.25) is 5.91 Å². The Morgan fingerprint density at radius 3 is 2.35 bits per heavy atom. The maximum atomic E-state index is 11.4. The molecule has 0 spiro atoms. The predicted molar refractivity (Wildman–Crippen MR) is 54.1 cm³/mol. The summed E-state index contributed by atoms with van der Waals surface area (Å²) in [5.74, 6) is -1.79. The van der Waals surface area contributed by atoms with Gasteiger partial charge in [-0.05, 0) is 12.8 Å². The average Bonchev–Trinajstić information content (AvgIpc) is 2.22. The fourth-order valence-corrected chi connectivity index (χ4v) is 0.982. The Morgan fingerprint density at radius 1 is 1.41 bits per heavy atom. The summed E-state index contributed by atoms with van der Waals surface area (Å²) >= 11 is 0. The van der Waals surface area contributed by atoms with Crippen molar-refractivity contribution >= 4 is 11.9 Å². The Labute approximate surface area is 123 Å². The van der Waals surface area contributed by atoms with Gasteiger partial charge in [-0.2, -0.15) is 0 Å². The largest absolute Gasteiger partial charge is 1.00 e. The molecule has 17 heavy (non-hydrogen) atoms. The fraction of sp³-hybridized carbons (Fsp3) is 0.800. The third kappa shape index (κ3) is 7.72. The quantitative estimate of drug-likeness (QED) is 0.312. The minimum absolute atomic E-state index is 0. The van der Waals surface area contributed by atoms with Gasteiger partial charge in [0.25, 0.3) is 0 Å². The molecule has 0 bridgehead atoms. The molecular formula is C10H18NNaO5. The van der Waals surface area contributed by atoms with Gasteiger partial charge in [0.15, 0.2) is 0 Å². The van der Waals surface area contributed by atoms with Crippen LogP contribution in [0.3, 0.4) is 0 Å². The van der Waals surface area contributed by atoms with Crippen LogP contribution in [0.15, 0.2) is 0 Å². The molecule has 3 N–H and O–H groups in total. The molecule has 0 heterocycles. The van der Waals surface area contributed by atoms with Crippen molar-refractivity contribution in [3.8, 4) is 0 Å². The fourth-order valence-electron chi connectivity index (χ4n) is 0.982. The van der Waals surface area contributed by atoms with Crippen LogP contribution in [-0.2, 0) is 9.59 Å². The first-order chi connectivity index (χ1) is 7.31. The molecule has 0 aliphatic rings. The second-order valence-corrected chi connectivity index (χ2v) is 4.32. The van der Waals surface area contributed by atoms with Crippen molar-refractivity contribution in [2.45, 2.75) is 32.8 Å². The third-order valence-electron chi connectivity index (χ3n) is 2.25. The van der Waals surface area contributed by atoms with Crippen molar-refractivity contribution in [3.63, 3.8) is 0 Å². The number of aliphatic carboxylic acids is 1. The monoisotopic (exact) mass is 255 g/mol. The molecule has 0 rings (SSSR count). The van der Waals surface area contributed by atoms with Crippen LogP contribution in [-0.4, -0.2) is 41.3 Å². The van der Waals surface area contributed by atoms with Crippen LogP contribution in [0.1, 0.15) is 26.7 Å². The van der Waals surface area contributed by atoms with Gasteiger partial charge < -0.3 is 25.4 Å². The maximum Gasteiger partial charge on any atom is 1.00 e. The van der Waals surface area contributed by atoms with Crippen molar-refractivity contribution in [2.24, 2.45) is 5.41 Å². The van der Waals surface area contributed by atoms with E-state index in [1.54, 1.807) is 13.8 Å². The number of hydrogen-bond acceptors (Lipinski definition) is 5. The molecule has 0 aromatic carbocycles. The van der Waals surface area contributed by atoms with E-state index in [1.807, 2.05) is 0 Å². The Hall–Kier alpha value is -0.140. The molecule has 0 saturated heterocycles. The predicted octanol–water partition coefficient (Wildman–Crippen LogP) is -4.98. The second kappa shape index (κ2) is 8.88. The minimum atomic E-state index is -1.32. The summed E-state index contributed by atoms with van der Waals surface area (Å²) in [5.41, 5.74) is -0.918. The molecule has 6 nitrogen and oxygen atoms in total. The van der Waals surface area contributed by atoms with Gasteiger partial charge in [-0.3, -0.25) is 4.79 Å². The van der Waals surface area contributed by atoms with E-state index in [-0.39, 0.29) is 55.6 Å². The molecule has 0 aromatic heterocycles. The first-order valence-electron chi connectivity index (χ1n) is 5.07. The van der Waals surface area contributed by atoms with Crippen molar-refractivity contribution in [3.05, 3.63) is 0 Å². The summed E-state index contributed by atoms with van der Waals surface area (Å²) in [5, 5.41) is 30.9. The number of hydrogen-bond donors (Lipinski definition) is 3. The SMILES string of the molecule is CC(C)(CO)[C@@H](O)C(=O)NCCCC(=O)[O-].[Na+]. The number of nitrogens with one attached hydrogen (secondary N) is 1. The Bertz CT molecular complexity index is 257. The van der Waals surface area contributed by atoms with Crippen LogP contribution >= 0.6 is 0 Å². The van der Waals surface area contributed by atoms with Gasteiger partial charge >= 0.3 is 29.6 Å². The number of carbonyl (C=O) groups excluding carboxylic acids is 2. The normalized spacial score (nSPS) is 12.5. The van der Waals surface area contributed by atoms with E-state index < -0.39 is 23.4 Å². The number of amides is 1. The minimum Gasteiger partial charge on any atom is -0.550 e. The Balaban J connectivity index is 0. The third-order valence-corrected chi connectivity index (χ3v) is 2.25. The number of carbonyl (C=O) groups is 2. The first kappa shape index (κ1) is 19.2. The molecule has 0 aliphatic heterocycles. The Kier molecular flexibility index (Phi) is 10.0. The van der Waals surface area contributed by atoms with Crippen molar-refractivity contribution in [2.75, 3.05) is 13.2 Å². The van der Waals surface area contributed by atoms with E-state index in [0.29, 0.717) is 0 Å². The summed E-state index contributed by atoms with van der Waals surface area (Å²) < 4.78 is 0. The molecule has 0 radical (unpaired) electrons. The number of aliphatic hydroxyl groups is 2. The molecule has 0 aromatic rings. The van der Waals surface area contributed by atoms with E-state index in [2.05, 4.69) is 5.32 Å². The van der Waals surface area contributed by atoms with Crippen LogP contribution in [0.5, 0.6) is 0 Å². The van der Waals surface area contributed by atoms with Crippen LogP contribution in [0, 0.1) is 5.41 Å². The Morgan fingerprint density at radius 2 is 1.94 bits per heavy atom. The van der Waals surface area contributed by atoms with E-state index in [1.165, 1.54) is 0 Å². The average molecular weight is 255 g/mol. The molecule has 94 valence electrons. The summed E-state index contributed by atoms with van der Waals surface area (Å²) in [7, 11) is 0. The molecule has 0 unspecified atom stereocenters. The summed E-state index contributed by atoms with van der Waals surface area (Å²) in [6.45, 7) is 2.95. The van der Waals surface area contributed by atoms with Gasteiger partial charge in [0.05, 0.1) is 6.61 Å². The zero-order chi connectivity index (χ0) is 12.8. The van der Waals surface area contributed by atoms with Gasteiger partial charge in [-0.1, -0.05) is 13.8 Å². The zero-order valence-electron chi connectivity index (χ0n) is 10.5. The number of carboxylic acids is 1. The van der Waals surface area contributed by atoms with Crippen LogP contribution in [0.4, 0.5) is 0 Å². The second-order valence-electron chi connectivity index (χ2n) is 4.32. The van der Waals surface area contributed by atoms with Gasteiger partial charge in [0, 0.05) is 17.9 Å². The summed E-state index contributed by atoms with van der Waals surface area (Å²) in [6, 6.07) is 0. The van der Waals surface area contributed by atoms with Crippen LogP contribution in [0.25, 0.3) is 0 Å². The number of aliphatic hydroxyl groups excluding tert-OH is 2. The standard InChI is InChI=1S/C10H19NO5.Na/c1-10(2,6-12)8(15)9(16)11-5-3-4-7(13)14;/h8,12,15H,3-6H2,1-2H3,(H,11,16)(H,13,14);/q;+1/p-1/t8-;/m0./s1.